The second-order valence-electron chi connectivity index (χ2n) is 5.80. The molecule has 17 heavy (non-hydrogen) atoms. The van der Waals surface area contributed by atoms with Crippen molar-refractivity contribution in [2.75, 3.05) is 26.8 Å². The zero-order valence-corrected chi connectivity index (χ0v) is 11.6. The molecule has 3 heteroatoms. The maximum atomic E-state index is 5.41. The van der Waals surface area contributed by atoms with E-state index in [0.29, 0.717) is 12.1 Å². The lowest BCUT2D eigenvalue weighted by Gasteiger charge is -2.43. The van der Waals surface area contributed by atoms with Crippen LogP contribution in [0.15, 0.2) is 0 Å². The van der Waals surface area contributed by atoms with Crippen LogP contribution in [0.4, 0.5) is 0 Å². The van der Waals surface area contributed by atoms with Gasteiger partial charge in [-0.25, -0.2) is 0 Å². The first-order chi connectivity index (χ1) is 8.26. The van der Waals surface area contributed by atoms with Crippen molar-refractivity contribution in [3.63, 3.8) is 0 Å². The molecule has 1 N–H and O–H groups in total. The molecule has 0 amide bonds. The summed E-state index contributed by atoms with van der Waals surface area (Å²) in [6, 6.07) is 2.00. The predicted molar refractivity (Wildman–Crippen MR) is 71.3 cm³/mol. The van der Waals surface area contributed by atoms with E-state index in [1.165, 1.54) is 32.2 Å². The molecule has 1 saturated carbocycles. The Kier molecular flexibility index (Phi) is 4.83. The molecule has 1 aliphatic heterocycles. The molecule has 3 nitrogen and oxygen atoms in total. The molecular weight excluding hydrogens is 212 g/mol. The molecule has 0 spiro atoms. The molecule has 100 valence electrons. The fourth-order valence-corrected chi connectivity index (χ4v) is 3.10. The monoisotopic (exact) mass is 240 g/mol. The Bertz CT molecular complexity index is 224. The van der Waals surface area contributed by atoms with Gasteiger partial charge in [0.1, 0.15) is 0 Å². The van der Waals surface area contributed by atoms with E-state index in [1.807, 2.05) is 7.11 Å². The highest BCUT2D eigenvalue weighted by Crippen LogP contribution is 2.34. The molecular formula is C14H28N2O. The highest BCUT2D eigenvalue weighted by Gasteiger charge is 2.37. The zero-order valence-electron chi connectivity index (χ0n) is 11.6. The van der Waals surface area contributed by atoms with Crippen LogP contribution in [0.1, 0.15) is 39.5 Å². The molecule has 0 aromatic heterocycles. The van der Waals surface area contributed by atoms with Crippen molar-refractivity contribution in [1.29, 1.82) is 0 Å². The number of hydrogen-bond donors (Lipinski definition) is 1. The summed E-state index contributed by atoms with van der Waals surface area (Å²) in [5, 5.41) is 3.72. The Morgan fingerprint density at radius 3 is 2.76 bits per heavy atom. The first-order valence-corrected chi connectivity index (χ1v) is 7.24. The average molecular weight is 240 g/mol. The Morgan fingerprint density at radius 2 is 2.18 bits per heavy atom. The van der Waals surface area contributed by atoms with Crippen molar-refractivity contribution < 1.29 is 4.74 Å². The molecule has 2 aliphatic rings. The minimum absolute atomic E-state index is 0.614. The summed E-state index contributed by atoms with van der Waals surface area (Å²) in [5.41, 5.74) is 0. The summed E-state index contributed by atoms with van der Waals surface area (Å²) >= 11 is 0. The van der Waals surface area contributed by atoms with E-state index in [2.05, 4.69) is 24.1 Å². The average Bonchev–Trinajstić information content (AvgIpc) is 3.14. The van der Waals surface area contributed by atoms with Gasteiger partial charge in [0, 0.05) is 38.3 Å². The number of methoxy groups -OCH3 is 1. The van der Waals surface area contributed by atoms with Gasteiger partial charge in [-0.3, -0.25) is 4.90 Å². The molecule has 0 aromatic rings. The Morgan fingerprint density at radius 1 is 1.41 bits per heavy atom. The zero-order chi connectivity index (χ0) is 12.3. The molecule has 0 bridgehead atoms. The van der Waals surface area contributed by atoms with Crippen LogP contribution in [-0.4, -0.2) is 49.8 Å². The van der Waals surface area contributed by atoms with Gasteiger partial charge in [-0.05, 0) is 32.1 Å². The molecule has 3 atom stereocenters. The molecule has 0 aromatic carbocycles. The van der Waals surface area contributed by atoms with Gasteiger partial charge in [0.15, 0.2) is 0 Å². The van der Waals surface area contributed by atoms with E-state index in [0.717, 1.165) is 25.1 Å². The summed E-state index contributed by atoms with van der Waals surface area (Å²) in [6.07, 6.45) is 5.37. The molecule has 2 fully saturated rings. The SMILES string of the molecule is CCCC(COC)N1CC(C2CC2)NCC1C. The summed E-state index contributed by atoms with van der Waals surface area (Å²) in [4.78, 5) is 2.69. The van der Waals surface area contributed by atoms with E-state index < -0.39 is 0 Å². The fraction of sp³-hybridized carbons (Fsp3) is 1.00. The number of hydrogen-bond acceptors (Lipinski definition) is 3. The van der Waals surface area contributed by atoms with Gasteiger partial charge in [0.05, 0.1) is 6.61 Å². The summed E-state index contributed by atoms with van der Waals surface area (Å²) in [7, 11) is 1.83. The summed E-state index contributed by atoms with van der Waals surface area (Å²) < 4.78 is 5.41. The van der Waals surface area contributed by atoms with Crippen LogP contribution in [0, 0.1) is 5.92 Å². The van der Waals surface area contributed by atoms with Gasteiger partial charge in [-0.1, -0.05) is 13.3 Å². The van der Waals surface area contributed by atoms with Crippen LogP contribution >= 0.6 is 0 Å². The quantitative estimate of drug-likeness (QED) is 0.767. The highest BCUT2D eigenvalue weighted by atomic mass is 16.5. The molecule has 1 saturated heterocycles. The number of nitrogens with one attached hydrogen (secondary N) is 1. The lowest BCUT2D eigenvalue weighted by Crippen LogP contribution is -2.59. The first kappa shape index (κ1) is 13.3. The van der Waals surface area contributed by atoms with Gasteiger partial charge in [0.25, 0.3) is 0 Å². The standard InChI is InChI=1S/C14H28N2O/c1-4-5-13(10-17-3)16-9-14(12-6-7-12)15-8-11(16)2/h11-15H,4-10H2,1-3H3. The van der Waals surface area contributed by atoms with Crippen molar-refractivity contribution in [2.45, 2.75) is 57.7 Å². The van der Waals surface area contributed by atoms with E-state index >= 15 is 0 Å². The number of rotatable bonds is 6. The number of ether oxygens (including phenoxy) is 1. The third-order valence-electron chi connectivity index (χ3n) is 4.29. The topological polar surface area (TPSA) is 24.5 Å². The lowest BCUT2D eigenvalue weighted by molar-refractivity contribution is 0.0317. The van der Waals surface area contributed by atoms with Crippen LogP contribution in [0.3, 0.4) is 0 Å². The van der Waals surface area contributed by atoms with Gasteiger partial charge < -0.3 is 10.1 Å². The predicted octanol–water partition coefficient (Wildman–Crippen LogP) is 1.87. The van der Waals surface area contributed by atoms with Crippen LogP contribution in [0.25, 0.3) is 0 Å². The first-order valence-electron chi connectivity index (χ1n) is 7.24. The maximum absolute atomic E-state index is 5.41. The van der Waals surface area contributed by atoms with E-state index in [4.69, 9.17) is 4.74 Å². The van der Waals surface area contributed by atoms with Crippen molar-refractivity contribution in [3.05, 3.63) is 0 Å². The molecule has 2 rings (SSSR count). The van der Waals surface area contributed by atoms with Crippen molar-refractivity contribution in [1.82, 2.24) is 10.2 Å². The van der Waals surface area contributed by atoms with Gasteiger partial charge in [0.2, 0.25) is 0 Å². The lowest BCUT2D eigenvalue weighted by atomic mass is 10.0. The van der Waals surface area contributed by atoms with Crippen LogP contribution in [0.2, 0.25) is 0 Å². The van der Waals surface area contributed by atoms with E-state index in [-0.39, 0.29) is 0 Å². The van der Waals surface area contributed by atoms with Gasteiger partial charge in [-0.2, -0.15) is 0 Å². The van der Waals surface area contributed by atoms with E-state index in [9.17, 15) is 0 Å². The van der Waals surface area contributed by atoms with Crippen molar-refractivity contribution >= 4 is 0 Å². The largest absolute Gasteiger partial charge is 0.383 e. The van der Waals surface area contributed by atoms with Crippen LogP contribution in [-0.2, 0) is 4.74 Å². The smallest absolute Gasteiger partial charge is 0.0618 e. The molecule has 1 aliphatic carbocycles. The normalized spacial score (nSPS) is 32.6. The number of piperazine rings is 1. The Labute approximate surface area is 106 Å². The Hall–Kier alpha value is -0.120. The summed E-state index contributed by atoms with van der Waals surface area (Å²) in [5.74, 6) is 0.954. The number of nitrogens with zero attached hydrogens (tertiary/aromatic N) is 1. The maximum Gasteiger partial charge on any atom is 0.0618 e. The van der Waals surface area contributed by atoms with Gasteiger partial charge >= 0.3 is 0 Å². The van der Waals surface area contributed by atoms with Crippen LogP contribution < -0.4 is 5.32 Å². The fourth-order valence-electron chi connectivity index (χ4n) is 3.10. The molecule has 3 unspecified atom stereocenters. The minimum Gasteiger partial charge on any atom is -0.383 e. The van der Waals surface area contributed by atoms with Crippen LogP contribution in [0.5, 0.6) is 0 Å². The Balaban J connectivity index is 1.93. The second-order valence-corrected chi connectivity index (χ2v) is 5.80. The second kappa shape index (κ2) is 6.17. The van der Waals surface area contributed by atoms with Crippen molar-refractivity contribution in [2.24, 2.45) is 5.92 Å². The van der Waals surface area contributed by atoms with Crippen molar-refractivity contribution in [3.8, 4) is 0 Å². The van der Waals surface area contributed by atoms with E-state index in [1.54, 1.807) is 0 Å². The third-order valence-corrected chi connectivity index (χ3v) is 4.29. The molecule has 0 radical (unpaired) electrons. The third kappa shape index (κ3) is 3.43. The molecule has 1 heterocycles. The van der Waals surface area contributed by atoms with Gasteiger partial charge in [-0.15, -0.1) is 0 Å². The highest BCUT2D eigenvalue weighted by molar-refractivity contribution is 4.95. The summed E-state index contributed by atoms with van der Waals surface area (Å²) in [6.45, 7) is 7.86. The minimum atomic E-state index is 0.614.